The smallest absolute Gasteiger partial charge is 0.336 e. The highest BCUT2D eigenvalue weighted by molar-refractivity contribution is 5.81. The Bertz CT molecular complexity index is 1080. The van der Waals surface area contributed by atoms with Gasteiger partial charge in [-0.05, 0) is 49.1 Å². The zero-order valence-electron chi connectivity index (χ0n) is 16.2. The molecule has 1 saturated carbocycles. The molecule has 1 aliphatic carbocycles. The van der Waals surface area contributed by atoms with Gasteiger partial charge >= 0.3 is 5.63 Å². The molecule has 4 rings (SSSR count). The predicted octanol–water partition coefficient (Wildman–Crippen LogP) is 3.86. The minimum Gasteiger partial charge on any atom is -0.484 e. The molecule has 1 amide bonds. The fourth-order valence-electron chi connectivity index (χ4n) is 3.37. The average molecular weight is 381 g/mol. The van der Waals surface area contributed by atoms with Gasteiger partial charge in [-0.1, -0.05) is 6.92 Å². The van der Waals surface area contributed by atoms with Crippen molar-refractivity contribution in [3.63, 3.8) is 0 Å². The van der Waals surface area contributed by atoms with Crippen molar-refractivity contribution >= 4 is 16.9 Å². The zero-order chi connectivity index (χ0) is 19.8. The van der Waals surface area contributed by atoms with Crippen LogP contribution < -0.4 is 10.4 Å². The third-order valence-corrected chi connectivity index (χ3v) is 5.26. The molecular formula is C22H23NO5. The summed E-state index contributed by atoms with van der Waals surface area (Å²) in [6.45, 7) is 4.35. The van der Waals surface area contributed by atoms with E-state index in [1.54, 1.807) is 24.1 Å². The second-order valence-corrected chi connectivity index (χ2v) is 7.57. The van der Waals surface area contributed by atoms with E-state index in [1.165, 1.54) is 12.5 Å². The van der Waals surface area contributed by atoms with Crippen LogP contribution in [0, 0.1) is 12.8 Å². The predicted molar refractivity (Wildman–Crippen MR) is 104 cm³/mol. The van der Waals surface area contributed by atoms with Crippen molar-refractivity contribution in [3.8, 4) is 5.75 Å². The summed E-state index contributed by atoms with van der Waals surface area (Å²) in [4.78, 5) is 25.5. The van der Waals surface area contributed by atoms with Gasteiger partial charge in [-0.3, -0.25) is 4.79 Å². The number of fused-ring (bicyclic) bond motifs is 1. The Hall–Kier alpha value is -3.02. The number of amides is 1. The minimum atomic E-state index is -0.406. The first-order valence-corrected chi connectivity index (χ1v) is 9.40. The molecule has 1 fully saturated rings. The van der Waals surface area contributed by atoms with Crippen molar-refractivity contribution in [1.82, 2.24) is 4.90 Å². The molecule has 28 heavy (non-hydrogen) atoms. The maximum absolute atomic E-state index is 12.4. The van der Waals surface area contributed by atoms with Crippen LogP contribution in [0.25, 0.3) is 11.0 Å². The van der Waals surface area contributed by atoms with Gasteiger partial charge in [0.15, 0.2) is 6.61 Å². The summed E-state index contributed by atoms with van der Waals surface area (Å²) < 4.78 is 16.7. The zero-order valence-corrected chi connectivity index (χ0v) is 16.2. The number of carbonyl (C=O) groups is 1. The van der Waals surface area contributed by atoms with E-state index in [1.807, 2.05) is 25.1 Å². The highest BCUT2D eigenvalue weighted by Crippen LogP contribution is 2.47. The largest absolute Gasteiger partial charge is 0.484 e. The summed E-state index contributed by atoms with van der Waals surface area (Å²) in [5.74, 6) is 3.30. The number of ether oxygens (including phenoxy) is 1. The quantitative estimate of drug-likeness (QED) is 0.606. The number of nitrogens with zero attached hydrogens (tertiary/aromatic N) is 1. The standard InChI is InChI=1S/C22H23NO5/c1-13-8-18(13)19-7-5-16(27-19)11-23(3)21(24)12-26-15-4-6-17-14(2)9-22(25)28-20(17)10-15/h4-7,9-10,13,18H,8,11-12H2,1-3H3/t13-,18+/m0/s1. The molecule has 3 aromatic rings. The molecule has 2 heterocycles. The molecule has 2 aromatic heterocycles. The molecule has 6 nitrogen and oxygen atoms in total. The number of aryl methyl sites for hydroxylation is 1. The van der Waals surface area contributed by atoms with Crippen LogP contribution in [0.3, 0.4) is 0 Å². The number of hydrogen-bond acceptors (Lipinski definition) is 5. The number of furan rings is 1. The third-order valence-electron chi connectivity index (χ3n) is 5.26. The van der Waals surface area contributed by atoms with Crippen molar-refractivity contribution in [3.05, 3.63) is 63.9 Å². The van der Waals surface area contributed by atoms with Gasteiger partial charge in [0, 0.05) is 30.5 Å². The maximum Gasteiger partial charge on any atom is 0.336 e. The SMILES string of the molecule is Cc1cc(=O)oc2cc(OCC(=O)N(C)Cc3ccc([C@@H]4C[C@@H]4C)o3)ccc12. The van der Waals surface area contributed by atoms with E-state index in [9.17, 15) is 9.59 Å². The van der Waals surface area contributed by atoms with Crippen LogP contribution in [0.1, 0.15) is 36.3 Å². The number of carbonyl (C=O) groups excluding carboxylic acids is 1. The fraction of sp³-hybridized carbons (Fsp3) is 0.364. The van der Waals surface area contributed by atoms with E-state index < -0.39 is 5.63 Å². The molecule has 0 N–H and O–H groups in total. The lowest BCUT2D eigenvalue weighted by Crippen LogP contribution is -2.30. The molecule has 2 atom stereocenters. The van der Waals surface area contributed by atoms with Crippen molar-refractivity contribution in [2.75, 3.05) is 13.7 Å². The van der Waals surface area contributed by atoms with Crippen LogP contribution >= 0.6 is 0 Å². The van der Waals surface area contributed by atoms with Crippen molar-refractivity contribution in [2.45, 2.75) is 32.7 Å². The van der Waals surface area contributed by atoms with Gasteiger partial charge in [0.1, 0.15) is 22.9 Å². The minimum absolute atomic E-state index is 0.106. The molecule has 0 aliphatic heterocycles. The lowest BCUT2D eigenvalue weighted by Gasteiger charge is -2.16. The first kappa shape index (κ1) is 18.3. The maximum atomic E-state index is 12.4. The fourth-order valence-corrected chi connectivity index (χ4v) is 3.37. The molecule has 0 unspecified atom stereocenters. The Kier molecular flexibility index (Phi) is 4.71. The van der Waals surface area contributed by atoms with Crippen LogP contribution in [0.15, 0.2) is 50.0 Å². The Balaban J connectivity index is 1.36. The normalized spacial score (nSPS) is 18.2. The van der Waals surface area contributed by atoms with Gasteiger partial charge in [-0.15, -0.1) is 0 Å². The summed E-state index contributed by atoms with van der Waals surface area (Å²) >= 11 is 0. The van der Waals surface area contributed by atoms with Gasteiger partial charge in [0.25, 0.3) is 5.91 Å². The first-order chi connectivity index (χ1) is 13.4. The molecule has 0 bridgehead atoms. The number of benzene rings is 1. The van der Waals surface area contributed by atoms with E-state index >= 15 is 0 Å². The molecule has 0 radical (unpaired) electrons. The van der Waals surface area contributed by atoms with Gasteiger partial charge in [-0.25, -0.2) is 4.79 Å². The average Bonchev–Trinajstić information content (AvgIpc) is 3.20. The van der Waals surface area contributed by atoms with Crippen LogP contribution in [0.4, 0.5) is 0 Å². The highest BCUT2D eigenvalue weighted by Gasteiger charge is 2.36. The van der Waals surface area contributed by atoms with Gasteiger partial charge in [0.05, 0.1) is 6.54 Å². The Morgan fingerprint density at radius 3 is 2.75 bits per heavy atom. The number of hydrogen-bond donors (Lipinski definition) is 0. The second kappa shape index (κ2) is 7.19. The van der Waals surface area contributed by atoms with Crippen LogP contribution in [0.5, 0.6) is 5.75 Å². The Morgan fingerprint density at radius 1 is 1.21 bits per heavy atom. The van der Waals surface area contributed by atoms with Crippen LogP contribution in [-0.4, -0.2) is 24.5 Å². The van der Waals surface area contributed by atoms with E-state index in [0.717, 1.165) is 22.5 Å². The summed E-state index contributed by atoms with van der Waals surface area (Å²) in [5, 5.41) is 0.842. The first-order valence-electron chi connectivity index (χ1n) is 9.40. The number of rotatable bonds is 6. The highest BCUT2D eigenvalue weighted by atomic mass is 16.5. The molecule has 1 aromatic carbocycles. The lowest BCUT2D eigenvalue weighted by molar-refractivity contribution is -0.132. The molecular weight excluding hydrogens is 358 g/mol. The van der Waals surface area contributed by atoms with Gasteiger partial charge in [0.2, 0.25) is 0 Å². The van der Waals surface area contributed by atoms with E-state index in [-0.39, 0.29) is 12.5 Å². The molecule has 146 valence electrons. The molecule has 0 saturated heterocycles. The van der Waals surface area contributed by atoms with Crippen molar-refractivity contribution in [1.29, 1.82) is 0 Å². The van der Waals surface area contributed by atoms with Crippen LogP contribution in [0.2, 0.25) is 0 Å². The van der Waals surface area contributed by atoms with Gasteiger partial charge < -0.3 is 18.5 Å². The van der Waals surface area contributed by atoms with Gasteiger partial charge in [-0.2, -0.15) is 0 Å². The Labute approximate surface area is 162 Å². The van der Waals surface area contributed by atoms with Crippen molar-refractivity contribution < 1.29 is 18.4 Å². The summed E-state index contributed by atoms with van der Waals surface area (Å²) in [7, 11) is 1.72. The monoisotopic (exact) mass is 381 g/mol. The summed E-state index contributed by atoms with van der Waals surface area (Å²) in [6.07, 6.45) is 1.17. The summed E-state index contributed by atoms with van der Waals surface area (Å²) in [5.41, 5.74) is 0.879. The molecule has 1 aliphatic rings. The summed E-state index contributed by atoms with van der Waals surface area (Å²) in [6, 6.07) is 10.6. The van der Waals surface area contributed by atoms with E-state index in [0.29, 0.717) is 29.7 Å². The molecule has 6 heteroatoms. The number of likely N-dealkylation sites (N-methyl/N-ethyl adjacent to an activating group) is 1. The molecule has 0 spiro atoms. The Morgan fingerprint density at radius 2 is 2.00 bits per heavy atom. The van der Waals surface area contributed by atoms with E-state index in [2.05, 4.69) is 6.92 Å². The third kappa shape index (κ3) is 3.81. The van der Waals surface area contributed by atoms with Crippen LogP contribution in [-0.2, 0) is 11.3 Å². The topological polar surface area (TPSA) is 72.9 Å². The van der Waals surface area contributed by atoms with Crippen molar-refractivity contribution in [2.24, 2.45) is 5.92 Å². The van der Waals surface area contributed by atoms with E-state index in [4.69, 9.17) is 13.6 Å². The lowest BCUT2D eigenvalue weighted by atomic mass is 10.1. The second-order valence-electron chi connectivity index (χ2n) is 7.57.